The summed E-state index contributed by atoms with van der Waals surface area (Å²) in [4.78, 5) is 14.8. The predicted octanol–water partition coefficient (Wildman–Crippen LogP) is 2.92. The Hall–Kier alpha value is -1.44. The molecule has 0 radical (unpaired) electrons. The summed E-state index contributed by atoms with van der Waals surface area (Å²) in [6.45, 7) is 3.75. The Kier molecular flexibility index (Phi) is 6.55. The van der Waals surface area contributed by atoms with Crippen LogP contribution < -0.4 is 5.32 Å². The minimum absolute atomic E-state index is 0.105. The number of nitrogens with one attached hydrogen (secondary N) is 1. The van der Waals surface area contributed by atoms with Crippen LogP contribution in [0.3, 0.4) is 0 Å². The Morgan fingerprint density at radius 2 is 1.85 bits per heavy atom. The van der Waals surface area contributed by atoms with Crippen LogP contribution in [-0.2, 0) is 14.8 Å². The van der Waals surface area contributed by atoms with Gasteiger partial charge in [-0.3, -0.25) is 9.69 Å². The molecular weight excluding hydrogens is 362 g/mol. The van der Waals surface area contributed by atoms with E-state index in [0.717, 1.165) is 31.6 Å². The minimum Gasteiger partial charge on any atom is -0.325 e. The Labute approximate surface area is 163 Å². The largest absolute Gasteiger partial charge is 0.325 e. The van der Waals surface area contributed by atoms with Gasteiger partial charge in [0, 0.05) is 24.8 Å². The van der Waals surface area contributed by atoms with E-state index in [-0.39, 0.29) is 10.8 Å². The molecule has 1 aliphatic carbocycles. The molecule has 0 aromatic heterocycles. The van der Waals surface area contributed by atoms with Gasteiger partial charge in [-0.05, 0) is 69.7 Å². The van der Waals surface area contributed by atoms with Crippen molar-refractivity contribution in [3.05, 3.63) is 24.3 Å². The quantitative estimate of drug-likeness (QED) is 0.807. The van der Waals surface area contributed by atoms with Crippen molar-refractivity contribution in [1.29, 1.82) is 0 Å². The summed E-state index contributed by atoms with van der Waals surface area (Å²) in [5.74, 6) is 0.676. The van der Waals surface area contributed by atoms with Crippen molar-refractivity contribution in [3.8, 4) is 0 Å². The van der Waals surface area contributed by atoms with Crippen molar-refractivity contribution in [2.45, 2.75) is 56.4 Å². The van der Waals surface area contributed by atoms with E-state index in [1.807, 2.05) is 7.05 Å². The summed E-state index contributed by atoms with van der Waals surface area (Å²) < 4.78 is 26.9. The molecule has 1 aromatic carbocycles. The van der Waals surface area contributed by atoms with Gasteiger partial charge < -0.3 is 5.32 Å². The van der Waals surface area contributed by atoms with Crippen LogP contribution in [0.4, 0.5) is 5.69 Å². The number of rotatable bonds is 6. The molecular formula is C20H31N3O3S. The number of sulfonamides is 1. The Morgan fingerprint density at radius 1 is 1.19 bits per heavy atom. The van der Waals surface area contributed by atoms with E-state index in [1.54, 1.807) is 24.3 Å². The van der Waals surface area contributed by atoms with Crippen LogP contribution in [0.5, 0.6) is 0 Å². The van der Waals surface area contributed by atoms with Gasteiger partial charge in [0.25, 0.3) is 0 Å². The third kappa shape index (κ3) is 5.09. The van der Waals surface area contributed by atoms with E-state index in [4.69, 9.17) is 0 Å². The molecule has 3 rings (SSSR count). The molecule has 1 aliphatic heterocycles. The predicted molar refractivity (Wildman–Crippen MR) is 107 cm³/mol. The minimum atomic E-state index is -3.47. The van der Waals surface area contributed by atoms with Gasteiger partial charge in [0.1, 0.15) is 0 Å². The molecule has 150 valence electrons. The normalized spacial score (nSPS) is 24.3. The molecule has 0 spiro atoms. The van der Waals surface area contributed by atoms with Crippen molar-refractivity contribution in [3.63, 3.8) is 0 Å². The number of amides is 1. The zero-order valence-corrected chi connectivity index (χ0v) is 17.2. The highest BCUT2D eigenvalue weighted by Gasteiger charge is 2.27. The molecule has 2 aliphatic rings. The first-order valence-electron chi connectivity index (χ1n) is 9.96. The number of nitrogens with zero attached hydrogens (tertiary/aromatic N) is 2. The van der Waals surface area contributed by atoms with Crippen LogP contribution >= 0.6 is 0 Å². The fourth-order valence-corrected chi connectivity index (χ4v) is 5.61. The molecule has 27 heavy (non-hydrogen) atoms. The molecule has 7 heteroatoms. The molecule has 6 nitrogen and oxygen atoms in total. The molecule has 0 unspecified atom stereocenters. The maximum absolute atomic E-state index is 12.7. The fourth-order valence-electron chi connectivity index (χ4n) is 4.05. The van der Waals surface area contributed by atoms with Gasteiger partial charge in [-0.25, -0.2) is 8.42 Å². The monoisotopic (exact) mass is 393 g/mol. The molecule has 1 N–H and O–H groups in total. The lowest BCUT2D eigenvalue weighted by Gasteiger charge is -2.33. The second-order valence-corrected chi connectivity index (χ2v) is 9.95. The van der Waals surface area contributed by atoms with E-state index in [1.165, 1.54) is 17.1 Å². The molecule has 0 atom stereocenters. The van der Waals surface area contributed by atoms with Crippen molar-refractivity contribution in [1.82, 2.24) is 9.21 Å². The number of hydrogen-bond acceptors (Lipinski definition) is 4. The highest BCUT2D eigenvalue weighted by Crippen LogP contribution is 2.26. The number of carbonyl (C=O) groups excluding carboxylic acids is 1. The summed E-state index contributed by atoms with van der Waals surface area (Å²) >= 11 is 0. The van der Waals surface area contributed by atoms with Crippen LogP contribution in [0, 0.1) is 5.92 Å². The first-order chi connectivity index (χ1) is 12.9. The number of anilines is 1. The Morgan fingerprint density at radius 3 is 2.52 bits per heavy atom. The lowest BCUT2D eigenvalue weighted by Crippen LogP contribution is -2.39. The maximum Gasteiger partial charge on any atom is 0.243 e. The molecule has 1 aromatic rings. The van der Waals surface area contributed by atoms with E-state index < -0.39 is 10.0 Å². The highest BCUT2D eigenvalue weighted by molar-refractivity contribution is 7.89. The van der Waals surface area contributed by atoms with Crippen LogP contribution in [0.2, 0.25) is 0 Å². The summed E-state index contributed by atoms with van der Waals surface area (Å²) in [6, 6.07) is 7.04. The molecule has 1 heterocycles. The fraction of sp³-hybridized carbons (Fsp3) is 0.650. The van der Waals surface area contributed by atoms with Gasteiger partial charge in [-0.15, -0.1) is 0 Å². The zero-order valence-electron chi connectivity index (χ0n) is 16.4. The van der Waals surface area contributed by atoms with Crippen LogP contribution in [0.15, 0.2) is 29.2 Å². The lowest BCUT2D eigenvalue weighted by molar-refractivity contribution is -0.117. The van der Waals surface area contributed by atoms with E-state index >= 15 is 0 Å². The second-order valence-electron chi connectivity index (χ2n) is 8.02. The number of likely N-dealkylation sites (N-methyl/N-ethyl adjacent to an activating group) is 1. The smallest absolute Gasteiger partial charge is 0.243 e. The van der Waals surface area contributed by atoms with Crippen molar-refractivity contribution >= 4 is 21.6 Å². The maximum atomic E-state index is 12.7. The first kappa shape index (κ1) is 20.3. The summed E-state index contributed by atoms with van der Waals surface area (Å²) in [6.07, 6.45) is 6.51. The van der Waals surface area contributed by atoms with Gasteiger partial charge >= 0.3 is 0 Å². The van der Waals surface area contributed by atoms with Crippen molar-refractivity contribution < 1.29 is 13.2 Å². The SMILES string of the molecule is CC1CCC(N(C)CC(=O)Nc2cccc(S(=O)(=O)N3CCCC3)c2)CC1. The summed E-state index contributed by atoms with van der Waals surface area (Å²) in [7, 11) is -1.48. The van der Waals surface area contributed by atoms with Gasteiger partial charge in [0.05, 0.1) is 11.4 Å². The molecule has 1 saturated carbocycles. The van der Waals surface area contributed by atoms with Gasteiger partial charge in [0.2, 0.25) is 15.9 Å². The third-order valence-corrected chi connectivity index (χ3v) is 7.72. The number of benzene rings is 1. The molecule has 0 bridgehead atoms. The standard InChI is InChI=1S/C20H31N3O3S/c1-16-8-10-18(11-9-16)22(2)15-20(24)21-17-6-5-7-19(14-17)27(25,26)23-12-3-4-13-23/h5-7,14,16,18H,3-4,8-13,15H2,1-2H3,(H,21,24). The highest BCUT2D eigenvalue weighted by atomic mass is 32.2. The third-order valence-electron chi connectivity index (χ3n) is 5.82. The van der Waals surface area contributed by atoms with E-state index in [0.29, 0.717) is 31.4 Å². The zero-order chi connectivity index (χ0) is 19.4. The molecule has 1 amide bonds. The van der Waals surface area contributed by atoms with Crippen LogP contribution in [-0.4, -0.2) is 56.3 Å². The van der Waals surface area contributed by atoms with Crippen molar-refractivity contribution in [2.75, 3.05) is 32.0 Å². The Balaban J connectivity index is 1.59. The number of carbonyl (C=O) groups is 1. The Bertz CT molecular complexity index is 751. The molecule has 2 fully saturated rings. The number of hydrogen-bond donors (Lipinski definition) is 1. The molecule has 1 saturated heterocycles. The van der Waals surface area contributed by atoms with Crippen LogP contribution in [0.25, 0.3) is 0 Å². The van der Waals surface area contributed by atoms with Gasteiger partial charge in [-0.2, -0.15) is 4.31 Å². The average molecular weight is 394 g/mol. The van der Waals surface area contributed by atoms with Crippen LogP contribution in [0.1, 0.15) is 45.4 Å². The van der Waals surface area contributed by atoms with Gasteiger partial charge in [0.15, 0.2) is 0 Å². The lowest BCUT2D eigenvalue weighted by atomic mass is 9.87. The summed E-state index contributed by atoms with van der Waals surface area (Å²) in [5.41, 5.74) is 0.533. The second kappa shape index (κ2) is 8.71. The topological polar surface area (TPSA) is 69.7 Å². The average Bonchev–Trinajstić information content (AvgIpc) is 3.18. The van der Waals surface area contributed by atoms with E-state index in [2.05, 4.69) is 17.1 Å². The summed E-state index contributed by atoms with van der Waals surface area (Å²) in [5, 5.41) is 2.86. The van der Waals surface area contributed by atoms with E-state index in [9.17, 15) is 13.2 Å². The first-order valence-corrected chi connectivity index (χ1v) is 11.4. The van der Waals surface area contributed by atoms with Gasteiger partial charge in [-0.1, -0.05) is 13.0 Å². The van der Waals surface area contributed by atoms with Crippen molar-refractivity contribution in [2.24, 2.45) is 5.92 Å².